The fourth-order valence-corrected chi connectivity index (χ4v) is 3.34. The predicted molar refractivity (Wildman–Crippen MR) is 78.9 cm³/mol. The molecule has 1 aliphatic rings. The summed E-state index contributed by atoms with van der Waals surface area (Å²) in [4.78, 5) is 0. The molecule has 0 aromatic rings. The van der Waals surface area contributed by atoms with Crippen molar-refractivity contribution in [2.45, 2.75) is 78.4 Å². The van der Waals surface area contributed by atoms with E-state index in [0.717, 1.165) is 25.0 Å². The molecule has 0 amide bonds. The number of ether oxygens (including phenoxy) is 1. The SMILES string of the molecule is CCNC(CC(C)C)C(OCC)C1CCCCC1. The van der Waals surface area contributed by atoms with Gasteiger partial charge in [0.1, 0.15) is 0 Å². The average Bonchev–Trinajstić information content (AvgIpc) is 2.36. The maximum atomic E-state index is 6.13. The molecule has 1 saturated carbocycles. The molecule has 18 heavy (non-hydrogen) atoms. The molecule has 1 aliphatic carbocycles. The molecule has 0 bridgehead atoms. The molecule has 0 heterocycles. The number of nitrogens with one attached hydrogen (secondary N) is 1. The van der Waals surface area contributed by atoms with Gasteiger partial charge in [0.25, 0.3) is 0 Å². The number of hydrogen-bond donors (Lipinski definition) is 1. The van der Waals surface area contributed by atoms with E-state index in [-0.39, 0.29) is 0 Å². The van der Waals surface area contributed by atoms with Gasteiger partial charge in [-0.25, -0.2) is 0 Å². The third kappa shape index (κ3) is 5.27. The maximum Gasteiger partial charge on any atom is 0.0756 e. The van der Waals surface area contributed by atoms with Crippen molar-refractivity contribution in [3.05, 3.63) is 0 Å². The molecular weight excluding hydrogens is 222 g/mol. The summed E-state index contributed by atoms with van der Waals surface area (Å²) in [5, 5.41) is 3.67. The molecule has 1 N–H and O–H groups in total. The zero-order valence-electron chi connectivity index (χ0n) is 12.9. The van der Waals surface area contributed by atoms with Crippen molar-refractivity contribution < 1.29 is 4.74 Å². The Labute approximate surface area is 114 Å². The summed E-state index contributed by atoms with van der Waals surface area (Å²) in [5.74, 6) is 1.52. The first-order valence-electron chi connectivity index (χ1n) is 8.04. The van der Waals surface area contributed by atoms with Gasteiger partial charge in [0.15, 0.2) is 0 Å². The van der Waals surface area contributed by atoms with Gasteiger partial charge in [0.2, 0.25) is 0 Å². The minimum Gasteiger partial charge on any atom is -0.377 e. The number of rotatable bonds is 8. The van der Waals surface area contributed by atoms with E-state index in [0.29, 0.717) is 12.1 Å². The van der Waals surface area contributed by atoms with Crippen LogP contribution in [0.1, 0.15) is 66.2 Å². The highest BCUT2D eigenvalue weighted by molar-refractivity contribution is 4.85. The van der Waals surface area contributed by atoms with E-state index in [4.69, 9.17) is 4.74 Å². The van der Waals surface area contributed by atoms with Crippen LogP contribution in [0.15, 0.2) is 0 Å². The van der Waals surface area contributed by atoms with Crippen LogP contribution in [0.5, 0.6) is 0 Å². The first-order valence-corrected chi connectivity index (χ1v) is 8.04. The largest absolute Gasteiger partial charge is 0.377 e. The molecule has 0 spiro atoms. The summed E-state index contributed by atoms with van der Waals surface area (Å²) in [6.45, 7) is 10.9. The van der Waals surface area contributed by atoms with Crippen LogP contribution in [0.4, 0.5) is 0 Å². The highest BCUT2D eigenvalue weighted by atomic mass is 16.5. The first-order chi connectivity index (χ1) is 8.69. The monoisotopic (exact) mass is 255 g/mol. The van der Waals surface area contributed by atoms with Gasteiger partial charge in [-0.3, -0.25) is 0 Å². The van der Waals surface area contributed by atoms with Crippen molar-refractivity contribution >= 4 is 0 Å². The predicted octanol–water partition coefficient (Wildman–Crippen LogP) is 4.00. The highest BCUT2D eigenvalue weighted by Gasteiger charge is 2.30. The molecule has 0 radical (unpaired) electrons. The van der Waals surface area contributed by atoms with Crippen LogP contribution in [0.25, 0.3) is 0 Å². The quantitative estimate of drug-likeness (QED) is 0.708. The summed E-state index contributed by atoms with van der Waals surface area (Å²) in [7, 11) is 0. The minimum absolute atomic E-state index is 0.428. The summed E-state index contributed by atoms with van der Waals surface area (Å²) >= 11 is 0. The fraction of sp³-hybridized carbons (Fsp3) is 1.00. The van der Waals surface area contributed by atoms with E-state index in [1.807, 2.05) is 0 Å². The van der Waals surface area contributed by atoms with Crippen LogP contribution in [-0.2, 0) is 4.74 Å². The first kappa shape index (κ1) is 16.0. The van der Waals surface area contributed by atoms with Gasteiger partial charge >= 0.3 is 0 Å². The lowest BCUT2D eigenvalue weighted by Crippen LogP contribution is -2.46. The van der Waals surface area contributed by atoms with E-state index in [1.165, 1.54) is 38.5 Å². The van der Waals surface area contributed by atoms with Crippen molar-refractivity contribution in [2.24, 2.45) is 11.8 Å². The summed E-state index contributed by atoms with van der Waals surface area (Å²) in [6, 6.07) is 0.540. The molecule has 1 rings (SSSR count). The Morgan fingerprint density at radius 2 is 1.78 bits per heavy atom. The number of likely N-dealkylation sites (N-methyl/N-ethyl adjacent to an activating group) is 1. The standard InChI is InChI=1S/C16H33NO/c1-5-17-15(12-13(3)4)16(18-6-2)14-10-8-7-9-11-14/h13-17H,5-12H2,1-4H3. The minimum atomic E-state index is 0.428. The normalized spacial score (nSPS) is 21.2. The van der Waals surface area contributed by atoms with Crippen LogP contribution in [0.3, 0.4) is 0 Å². The molecular formula is C16H33NO. The van der Waals surface area contributed by atoms with Crippen molar-refractivity contribution in [1.82, 2.24) is 5.32 Å². The molecule has 2 nitrogen and oxygen atoms in total. The fourth-order valence-electron chi connectivity index (χ4n) is 3.34. The summed E-state index contributed by atoms with van der Waals surface area (Å²) < 4.78 is 6.13. The smallest absolute Gasteiger partial charge is 0.0756 e. The van der Waals surface area contributed by atoms with Gasteiger partial charge in [0, 0.05) is 12.6 Å². The van der Waals surface area contributed by atoms with E-state index in [9.17, 15) is 0 Å². The molecule has 1 fully saturated rings. The Bertz CT molecular complexity index is 199. The van der Waals surface area contributed by atoms with Gasteiger partial charge in [-0.2, -0.15) is 0 Å². The van der Waals surface area contributed by atoms with E-state index >= 15 is 0 Å². The summed E-state index contributed by atoms with van der Waals surface area (Å²) in [5.41, 5.74) is 0. The molecule has 2 unspecified atom stereocenters. The highest BCUT2D eigenvalue weighted by Crippen LogP contribution is 2.31. The molecule has 2 atom stereocenters. The third-order valence-electron chi connectivity index (χ3n) is 4.06. The molecule has 0 aliphatic heterocycles. The second kappa shape index (κ2) is 8.92. The van der Waals surface area contributed by atoms with Crippen molar-refractivity contribution in [1.29, 1.82) is 0 Å². The Morgan fingerprint density at radius 1 is 1.11 bits per heavy atom. The molecule has 0 aromatic heterocycles. The van der Waals surface area contributed by atoms with Crippen LogP contribution >= 0.6 is 0 Å². The van der Waals surface area contributed by atoms with Gasteiger partial charge in [-0.05, 0) is 44.6 Å². The summed E-state index contributed by atoms with van der Waals surface area (Å²) in [6.07, 6.45) is 8.61. The molecule has 2 heteroatoms. The molecule has 108 valence electrons. The molecule has 0 saturated heterocycles. The van der Waals surface area contributed by atoms with Crippen molar-refractivity contribution in [3.63, 3.8) is 0 Å². The third-order valence-corrected chi connectivity index (χ3v) is 4.06. The van der Waals surface area contributed by atoms with Crippen LogP contribution in [0.2, 0.25) is 0 Å². The molecule has 0 aromatic carbocycles. The lowest BCUT2D eigenvalue weighted by Gasteiger charge is -2.36. The van der Waals surface area contributed by atoms with E-state index < -0.39 is 0 Å². The van der Waals surface area contributed by atoms with Crippen LogP contribution < -0.4 is 5.32 Å². The Hall–Kier alpha value is -0.0800. The van der Waals surface area contributed by atoms with Crippen molar-refractivity contribution in [2.75, 3.05) is 13.2 Å². The zero-order chi connectivity index (χ0) is 13.4. The van der Waals surface area contributed by atoms with Gasteiger partial charge in [-0.1, -0.05) is 40.0 Å². The van der Waals surface area contributed by atoms with Crippen molar-refractivity contribution in [3.8, 4) is 0 Å². The maximum absolute atomic E-state index is 6.13. The van der Waals surface area contributed by atoms with E-state index in [2.05, 4.69) is 33.0 Å². The second-order valence-electron chi connectivity index (χ2n) is 6.11. The Kier molecular flexibility index (Phi) is 7.92. The van der Waals surface area contributed by atoms with Crippen LogP contribution in [0, 0.1) is 11.8 Å². The lowest BCUT2D eigenvalue weighted by molar-refractivity contribution is -0.0215. The lowest BCUT2D eigenvalue weighted by atomic mass is 9.80. The zero-order valence-corrected chi connectivity index (χ0v) is 12.9. The number of hydrogen-bond acceptors (Lipinski definition) is 2. The average molecular weight is 255 g/mol. The van der Waals surface area contributed by atoms with Gasteiger partial charge in [0.05, 0.1) is 6.10 Å². The topological polar surface area (TPSA) is 21.3 Å². The van der Waals surface area contributed by atoms with Gasteiger partial charge < -0.3 is 10.1 Å². The van der Waals surface area contributed by atoms with Crippen LogP contribution in [-0.4, -0.2) is 25.3 Å². The Balaban J connectivity index is 2.64. The van der Waals surface area contributed by atoms with Gasteiger partial charge in [-0.15, -0.1) is 0 Å². The van der Waals surface area contributed by atoms with E-state index in [1.54, 1.807) is 0 Å². The Morgan fingerprint density at radius 3 is 2.28 bits per heavy atom. The second-order valence-corrected chi connectivity index (χ2v) is 6.11.